The van der Waals surface area contributed by atoms with Gasteiger partial charge in [-0.2, -0.15) is 0 Å². The van der Waals surface area contributed by atoms with Gasteiger partial charge in [-0.15, -0.1) is 0 Å². The first-order chi connectivity index (χ1) is 4.99. The monoisotopic (exact) mass is 155 g/mol. The van der Waals surface area contributed by atoms with E-state index in [9.17, 15) is 0 Å². The van der Waals surface area contributed by atoms with Crippen molar-refractivity contribution in [1.29, 1.82) is 0 Å². The lowest BCUT2D eigenvalue weighted by molar-refractivity contribution is 0.586. The molecular weight excluding hydrogens is 138 g/mol. The van der Waals surface area contributed by atoms with Gasteiger partial charge in [-0.3, -0.25) is 4.99 Å². The molecule has 0 bridgehead atoms. The lowest BCUT2D eigenvalue weighted by atomic mass is 10.1. The molecule has 0 aliphatic heterocycles. The molecule has 0 saturated heterocycles. The van der Waals surface area contributed by atoms with Gasteiger partial charge in [0.2, 0.25) is 0 Å². The van der Waals surface area contributed by atoms with E-state index in [1.54, 1.807) is 6.21 Å². The van der Waals surface area contributed by atoms with E-state index in [4.69, 9.17) is 5.73 Å². The van der Waals surface area contributed by atoms with Gasteiger partial charge in [0.05, 0.1) is 11.2 Å². The minimum atomic E-state index is -0.0366. The van der Waals surface area contributed by atoms with Gasteiger partial charge in [0.15, 0.2) is 0 Å². The predicted octanol–water partition coefficient (Wildman–Crippen LogP) is 0.875. The summed E-state index contributed by atoms with van der Waals surface area (Å²) in [6.07, 6.45) is 3.23. The smallest absolute Gasteiger partial charge is 0.0676 e. The number of hydrogen-bond acceptors (Lipinski definition) is 3. The highest BCUT2D eigenvalue weighted by Crippen LogP contribution is 2.04. The Morgan fingerprint density at radius 1 is 1.45 bits per heavy atom. The fourth-order valence-electron chi connectivity index (χ4n) is 0.454. The Morgan fingerprint density at radius 2 is 2.00 bits per heavy atom. The van der Waals surface area contributed by atoms with Crippen LogP contribution < -0.4 is 11.1 Å². The molecule has 0 saturated carbocycles. The number of nitrogens with two attached hydrogens (primary N) is 1. The summed E-state index contributed by atoms with van der Waals surface area (Å²) >= 11 is 0. The Hall–Kier alpha value is -0.990. The highest BCUT2D eigenvalue weighted by molar-refractivity contribution is 5.77. The lowest BCUT2D eigenvalue weighted by Gasteiger charge is -2.11. The van der Waals surface area contributed by atoms with Crippen molar-refractivity contribution >= 4 is 6.21 Å². The zero-order chi connectivity index (χ0) is 8.91. The summed E-state index contributed by atoms with van der Waals surface area (Å²) in [6.45, 7) is 6.11. The number of hydrogen-bond donors (Lipinski definition) is 2. The molecule has 0 unspecified atom stereocenters. The maximum Gasteiger partial charge on any atom is 0.0676 e. The molecule has 3 N–H and O–H groups in total. The standard InChI is InChI=1S/C8H17N3/c1-8(2,3)11-6-7(5-9)10-4/h5-6,10H,9H2,1-4H3/b7-5+,11-6?. The third-order valence-corrected chi connectivity index (χ3v) is 1.06. The van der Waals surface area contributed by atoms with Crippen molar-refractivity contribution in [2.75, 3.05) is 7.05 Å². The van der Waals surface area contributed by atoms with Crippen LogP contribution in [0.15, 0.2) is 16.9 Å². The van der Waals surface area contributed by atoms with Crippen molar-refractivity contribution in [3.05, 3.63) is 11.9 Å². The molecule has 3 heteroatoms. The van der Waals surface area contributed by atoms with Gasteiger partial charge in [0.25, 0.3) is 0 Å². The largest absolute Gasteiger partial charge is 0.403 e. The fourth-order valence-corrected chi connectivity index (χ4v) is 0.454. The average molecular weight is 155 g/mol. The van der Waals surface area contributed by atoms with E-state index >= 15 is 0 Å². The highest BCUT2D eigenvalue weighted by Gasteiger charge is 2.04. The number of nitrogens with one attached hydrogen (secondary N) is 1. The second kappa shape index (κ2) is 4.01. The maximum absolute atomic E-state index is 5.30. The van der Waals surface area contributed by atoms with Gasteiger partial charge in [0, 0.05) is 19.5 Å². The molecule has 64 valence electrons. The minimum Gasteiger partial charge on any atom is -0.403 e. The molecule has 0 aromatic rings. The zero-order valence-electron chi connectivity index (χ0n) is 7.68. The van der Waals surface area contributed by atoms with E-state index in [-0.39, 0.29) is 5.54 Å². The molecule has 0 aliphatic carbocycles. The Bertz CT molecular complexity index is 163. The van der Waals surface area contributed by atoms with Crippen LogP contribution in [0.4, 0.5) is 0 Å². The van der Waals surface area contributed by atoms with Crippen LogP contribution in [0.2, 0.25) is 0 Å². The summed E-state index contributed by atoms with van der Waals surface area (Å²) in [5, 5.41) is 2.91. The van der Waals surface area contributed by atoms with Crippen LogP contribution in [-0.2, 0) is 0 Å². The molecule has 0 aromatic carbocycles. The maximum atomic E-state index is 5.30. The molecule has 0 spiro atoms. The molecule has 0 atom stereocenters. The summed E-state index contributed by atoms with van der Waals surface area (Å²) in [7, 11) is 1.81. The van der Waals surface area contributed by atoms with Crippen molar-refractivity contribution in [2.45, 2.75) is 26.3 Å². The van der Waals surface area contributed by atoms with Crippen LogP contribution in [0, 0.1) is 0 Å². The first-order valence-corrected chi connectivity index (χ1v) is 3.64. The normalized spacial score (nSPS) is 14.0. The molecule has 0 radical (unpaired) electrons. The van der Waals surface area contributed by atoms with Gasteiger partial charge in [-0.05, 0) is 20.8 Å². The SMILES string of the molecule is CN/C(C=NC(C)(C)C)=C/N. The Labute approximate surface area is 68.4 Å². The van der Waals surface area contributed by atoms with Crippen LogP contribution >= 0.6 is 0 Å². The van der Waals surface area contributed by atoms with Crippen molar-refractivity contribution in [1.82, 2.24) is 5.32 Å². The molecule has 0 heterocycles. The van der Waals surface area contributed by atoms with Crippen LogP contribution in [-0.4, -0.2) is 18.8 Å². The molecule has 0 aromatic heterocycles. The van der Waals surface area contributed by atoms with Crippen molar-refractivity contribution in [3.63, 3.8) is 0 Å². The molecule has 0 aliphatic rings. The Kier molecular flexibility index (Phi) is 3.65. The molecule has 0 rings (SSSR count). The molecule has 0 amide bonds. The van der Waals surface area contributed by atoms with Crippen molar-refractivity contribution in [3.8, 4) is 0 Å². The Morgan fingerprint density at radius 3 is 2.27 bits per heavy atom. The topological polar surface area (TPSA) is 50.4 Å². The first kappa shape index (κ1) is 10.0. The van der Waals surface area contributed by atoms with E-state index in [1.165, 1.54) is 6.20 Å². The third-order valence-electron chi connectivity index (χ3n) is 1.06. The highest BCUT2D eigenvalue weighted by atomic mass is 14.9. The van der Waals surface area contributed by atoms with Crippen LogP contribution in [0.1, 0.15) is 20.8 Å². The number of rotatable bonds is 2. The van der Waals surface area contributed by atoms with E-state index in [0.29, 0.717) is 0 Å². The van der Waals surface area contributed by atoms with Crippen molar-refractivity contribution in [2.24, 2.45) is 10.7 Å². The number of allylic oxidation sites excluding steroid dienone is 1. The quantitative estimate of drug-likeness (QED) is 0.581. The number of aliphatic imine (C=N–C) groups is 1. The minimum absolute atomic E-state index is 0.0366. The van der Waals surface area contributed by atoms with E-state index < -0.39 is 0 Å². The lowest BCUT2D eigenvalue weighted by Crippen LogP contribution is -2.14. The summed E-state index contributed by atoms with van der Waals surface area (Å²) < 4.78 is 0. The van der Waals surface area contributed by atoms with Gasteiger partial charge in [0.1, 0.15) is 0 Å². The Balaban J connectivity index is 4.12. The van der Waals surface area contributed by atoms with Gasteiger partial charge in [-0.25, -0.2) is 0 Å². The van der Waals surface area contributed by atoms with Crippen LogP contribution in [0.5, 0.6) is 0 Å². The van der Waals surface area contributed by atoms with E-state index in [0.717, 1.165) is 5.70 Å². The number of nitrogens with zero attached hydrogens (tertiary/aromatic N) is 1. The van der Waals surface area contributed by atoms with Gasteiger partial charge >= 0.3 is 0 Å². The van der Waals surface area contributed by atoms with Gasteiger partial charge < -0.3 is 11.1 Å². The third kappa shape index (κ3) is 5.45. The van der Waals surface area contributed by atoms with Crippen molar-refractivity contribution < 1.29 is 0 Å². The second-order valence-corrected chi connectivity index (χ2v) is 3.30. The average Bonchev–Trinajstić information content (AvgIpc) is 1.88. The summed E-state index contributed by atoms with van der Waals surface area (Å²) in [6, 6.07) is 0. The van der Waals surface area contributed by atoms with Crippen LogP contribution in [0.3, 0.4) is 0 Å². The molecule has 11 heavy (non-hydrogen) atoms. The molecule has 0 fully saturated rings. The zero-order valence-corrected chi connectivity index (χ0v) is 7.68. The molecule has 3 nitrogen and oxygen atoms in total. The van der Waals surface area contributed by atoms with Gasteiger partial charge in [-0.1, -0.05) is 0 Å². The summed E-state index contributed by atoms with van der Waals surface area (Å²) in [5.41, 5.74) is 6.09. The fraction of sp³-hybridized carbons (Fsp3) is 0.625. The first-order valence-electron chi connectivity index (χ1n) is 3.64. The van der Waals surface area contributed by atoms with Crippen LogP contribution in [0.25, 0.3) is 0 Å². The van der Waals surface area contributed by atoms with E-state index in [2.05, 4.69) is 10.3 Å². The van der Waals surface area contributed by atoms with E-state index in [1.807, 2.05) is 27.8 Å². The molecular formula is C8H17N3. The predicted molar refractivity (Wildman–Crippen MR) is 49.6 cm³/mol. The second-order valence-electron chi connectivity index (χ2n) is 3.30. The summed E-state index contributed by atoms with van der Waals surface area (Å²) in [4.78, 5) is 4.26. The summed E-state index contributed by atoms with van der Waals surface area (Å²) in [5.74, 6) is 0.